The minimum absolute atomic E-state index is 0.145. The molecular weight excluding hydrogens is 440 g/mol. The Morgan fingerprint density at radius 3 is 2.36 bits per heavy atom. The lowest BCUT2D eigenvalue weighted by Crippen LogP contribution is -2.49. The fourth-order valence-electron chi connectivity index (χ4n) is 4.08. The second-order valence-corrected chi connectivity index (χ2v) is 10.4. The zero-order chi connectivity index (χ0) is 23.8. The van der Waals surface area contributed by atoms with Gasteiger partial charge in [0, 0.05) is 54.8 Å². The van der Waals surface area contributed by atoms with Crippen LogP contribution in [0.4, 0.5) is 0 Å². The molecule has 1 amide bonds. The maximum atomic E-state index is 12.9. The smallest absolute Gasteiger partial charge is 0.246 e. The molecule has 0 atom stereocenters. The molecule has 2 heterocycles. The van der Waals surface area contributed by atoms with Crippen LogP contribution in [0.3, 0.4) is 0 Å². The van der Waals surface area contributed by atoms with Crippen LogP contribution in [0.1, 0.15) is 18.1 Å². The summed E-state index contributed by atoms with van der Waals surface area (Å²) in [5, 5.41) is 0.941. The van der Waals surface area contributed by atoms with Crippen molar-refractivity contribution in [3.8, 4) is 16.9 Å². The molecule has 174 valence electrons. The van der Waals surface area contributed by atoms with Crippen molar-refractivity contribution in [2.45, 2.75) is 13.8 Å². The summed E-state index contributed by atoms with van der Waals surface area (Å²) in [5.41, 5.74) is 5.50. The molecule has 1 saturated heterocycles. The highest BCUT2D eigenvalue weighted by Gasteiger charge is 2.25. The van der Waals surface area contributed by atoms with Crippen molar-refractivity contribution in [1.82, 2.24) is 9.21 Å². The van der Waals surface area contributed by atoms with Gasteiger partial charge < -0.3 is 14.1 Å². The fraction of sp³-hybridized carbons (Fsp3) is 0.320. The van der Waals surface area contributed by atoms with Crippen LogP contribution in [-0.2, 0) is 14.8 Å². The molecule has 0 spiro atoms. The lowest BCUT2D eigenvalue weighted by Gasteiger charge is -2.32. The third-order valence-corrected chi connectivity index (χ3v) is 7.35. The predicted molar refractivity (Wildman–Crippen MR) is 130 cm³/mol. The van der Waals surface area contributed by atoms with Crippen LogP contribution in [-0.4, -0.2) is 63.1 Å². The molecule has 1 aliphatic heterocycles. The molecule has 0 N–H and O–H groups in total. The molecule has 7 nitrogen and oxygen atoms in total. The maximum absolute atomic E-state index is 12.9. The van der Waals surface area contributed by atoms with Crippen LogP contribution in [0.2, 0.25) is 0 Å². The number of nitrogens with zero attached hydrogens (tertiary/aromatic N) is 2. The van der Waals surface area contributed by atoms with E-state index in [1.807, 2.05) is 26.0 Å². The van der Waals surface area contributed by atoms with Gasteiger partial charge in [-0.15, -0.1) is 0 Å². The van der Waals surface area contributed by atoms with Crippen molar-refractivity contribution in [2.24, 2.45) is 0 Å². The van der Waals surface area contributed by atoms with Crippen molar-refractivity contribution in [2.75, 3.05) is 39.5 Å². The number of carbonyl (C=O) groups is 1. The summed E-state index contributed by atoms with van der Waals surface area (Å²) in [4.78, 5) is 14.6. The summed E-state index contributed by atoms with van der Waals surface area (Å²) in [6.07, 6.45) is 4.52. The number of methoxy groups -OCH3 is 1. The Morgan fingerprint density at radius 1 is 1.09 bits per heavy atom. The molecule has 0 bridgehead atoms. The van der Waals surface area contributed by atoms with E-state index in [-0.39, 0.29) is 5.91 Å². The van der Waals surface area contributed by atoms with Crippen LogP contribution in [0.5, 0.6) is 5.75 Å². The third-order valence-electron chi connectivity index (χ3n) is 6.04. The molecule has 33 heavy (non-hydrogen) atoms. The van der Waals surface area contributed by atoms with Crippen molar-refractivity contribution in [1.29, 1.82) is 0 Å². The average molecular weight is 469 g/mol. The predicted octanol–water partition coefficient (Wildman–Crippen LogP) is 3.92. The second-order valence-electron chi connectivity index (χ2n) is 8.38. The molecule has 2 aromatic carbocycles. The van der Waals surface area contributed by atoms with Crippen molar-refractivity contribution >= 4 is 32.5 Å². The van der Waals surface area contributed by atoms with Crippen LogP contribution in [0.25, 0.3) is 27.7 Å². The molecule has 1 aliphatic rings. The Balaban J connectivity index is 1.63. The van der Waals surface area contributed by atoms with E-state index in [9.17, 15) is 13.2 Å². The van der Waals surface area contributed by atoms with Gasteiger partial charge in [0.15, 0.2) is 0 Å². The zero-order valence-electron chi connectivity index (χ0n) is 19.3. The van der Waals surface area contributed by atoms with E-state index in [2.05, 4.69) is 24.3 Å². The Bertz CT molecular complexity index is 1310. The van der Waals surface area contributed by atoms with E-state index in [4.69, 9.17) is 9.15 Å². The lowest BCUT2D eigenvalue weighted by atomic mass is 9.98. The molecule has 8 heteroatoms. The monoisotopic (exact) mass is 468 g/mol. The number of piperazine rings is 1. The van der Waals surface area contributed by atoms with Gasteiger partial charge in [-0.1, -0.05) is 29.8 Å². The number of sulfonamides is 1. The zero-order valence-corrected chi connectivity index (χ0v) is 20.1. The van der Waals surface area contributed by atoms with E-state index in [1.54, 1.807) is 24.3 Å². The Labute approximate surface area is 194 Å². The summed E-state index contributed by atoms with van der Waals surface area (Å²) < 4.78 is 36.2. The van der Waals surface area contributed by atoms with E-state index in [1.165, 1.54) is 16.1 Å². The van der Waals surface area contributed by atoms with Crippen LogP contribution in [0.15, 0.2) is 53.2 Å². The Morgan fingerprint density at radius 2 is 1.76 bits per heavy atom. The molecule has 1 aromatic heterocycles. The summed E-state index contributed by atoms with van der Waals surface area (Å²) >= 11 is 0. The first-order valence-electron chi connectivity index (χ1n) is 10.8. The number of benzene rings is 2. The highest BCUT2D eigenvalue weighted by atomic mass is 32.2. The molecule has 4 rings (SSSR count). The second kappa shape index (κ2) is 9.03. The first-order chi connectivity index (χ1) is 15.7. The molecule has 0 aliphatic carbocycles. The topological polar surface area (TPSA) is 80.1 Å². The fourth-order valence-corrected chi connectivity index (χ4v) is 4.91. The number of aryl methyl sites for hydroxylation is 1. The van der Waals surface area contributed by atoms with E-state index < -0.39 is 10.0 Å². The van der Waals surface area contributed by atoms with Crippen LogP contribution in [0, 0.1) is 6.92 Å². The Kier molecular flexibility index (Phi) is 6.32. The number of hydrogen-bond donors (Lipinski definition) is 0. The van der Waals surface area contributed by atoms with Crippen molar-refractivity contribution < 1.29 is 22.4 Å². The normalized spacial score (nSPS) is 15.8. The first-order valence-corrected chi connectivity index (χ1v) is 12.6. The van der Waals surface area contributed by atoms with Gasteiger partial charge in [-0.05, 0) is 31.1 Å². The third kappa shape index (κ3) is 4.82. The number of fused-ring (bicyclic) bond motifs is 1. The number of amides is 1. The standard InChI is InChI=1S/C25H28N2O5S/c1-17-5-7-19(8-6-17)22-16-32-24-15-23(31-3)20(14-21(22)24)18(2)13-25(28)26-9-11-27(12-10-26)33(4,29)30/h5-8,13-16H,9-12H2,1-4H3/b18-13+. The quantitative estimate of drug-likeness (QED) is 0.530. The molecule has 3 aromatic rings. The van der Waals surface area contributed by atoms with E-state index in [0.717, 1.165) is 27.6 Å². The number of rotatable bonds is 5. The van der Waals surface area contributed by atoms with E-state index in [0.29, 0.717) is 37.5 Å². The summed E-state index contributed by atoms with van der Waals surface area (Å²) in [6.45, 7) is 5.27. The first kappa shape index (κ1) is 23.1. The van der Waals surface area contributed by atoms with Gasteiger partial charge in [-0.25, -0.2) is 8.42 Å². The van der Waals surface area contributed by atoms with Gasteiger partial charge >= 0.3 is 0 Å². The van der Waals surface area contributed by atoms with Gasteiger partial charge in [0.2, 0.25) is 15.9 Å². The minimum atomic E-state index is -3.24. The lowest BCUT2D eigenvalue weighted by molar-refractivity contribution is -0.127. The van der Waals surface area contributed by atoms with Gasteiger partial charge in [0.1, 0.15) is 11.3 Å². The number of furan rings is 1. The summed E-state index contributed by atoms with van der Waals surface area (Å²) in [5.74, 6) is 0.476. The van der Waals surface area contributed by atoms with Gasteiger partial charge in [-0.3, -0.25) is 4.79 Å². The average Bonchev–Trinajstić information content (AvgIpc) is 3.21. The molecular formula is C25H28N2O5S. The highest BCUT2D eigenvalue weighted by Crippen LogP contribution is 2.37. The number of ether oxygens (including phenoxy) is 1. The highest BCUT2D eigenvalue weighted by molar-refractivity contribution is 7.88. The van der Waals surface area contributed by atoms with Crippen molar-refractivity contribution in [3.05, 3.63) is 59.9 Å². The van der Waals surface area contributed by atoms with Gasteiger partial charge in [-0.2, -0.15) is 4.31 Å². The number of allylic oxidation sites excluding steroid dienone is 1. The number of carbonyl (C=O) groups excluding carboxylic acids is 1. The molecule has 1 fully saturated rings. The van der Waals surface area contributed by atoms with Crippen LogP contribution >= 0.6 is 0 Å². The minimum Gasteiger partial charge on any atom is -0.496 e. The Hall–Kier alpha value is -3.10. The molecule has 0 unspecified atom stereocenters. The number of hydrogen-bond acceptors (Lipinski definition) is 5. The molecule has 0 saturated carbocycles. The van der Waals surface area contributed by atoms with Crippen molar-refractivity contribution in [3.63, 3.8) is 0 Å². The SMILES string of the molecule is COc1cc2occ(-c3ccc(C)cc3)c2cc1/C(C)=C/C(=O)N1CCN(S(C)(=O)=O)CC1. The summed E-state index contributed by atoms with van der Waals surface area (Å²) in [6, 6.07) is 12.1. The summed E-state index contributed by atoms with van der Waals surface area (Å²) in [7, 11) is -1.65. The maximum Gasteiger partial charge on any atom is 0.246 e. The van der Waals surface area contributed by atoms with Gasteiger partial charge in [0.05, 0.1) is 19.6 Å². The van der Waals surface area contributed by atoms with Gasteiger partial charge in [0.25, 0.3) is 0 Å². The van der Waals surface area contributed by atoms with E-state index >= 15 is 0 Å². The molecule has 0 radical (unpaired) electrons. The largest absolute Gasteiger partial charge is 0.496 e. The van der Waals surface area contributed by atoms with Crippen LogP contribution < -0.4 is 4.74 Å².